The number of aliphatic imine (C=N–C) groups is 1. The predicted molar refractivity (Wildman–Crippen MR) is 105 cm³/mol. The second-order valence-corrected chi connectivity index (χ2v) is 8.42. The van der Waals surface area contributed by atoms with Gasteiger partial charge in [0.05, 0.1) is 11.4 Å². The van der Waals surface area contributed by atoms with Crippen molar-refractivity contribution < 1.29 is 13.2 Å². The van der Waals surface area contributed by atoms with Gasteiger partial charge in [-0.2, -0.15) is 0 Å². The van der Waals surface area contributed by atoms with Crippen LogP contribution in [0, 0.1) is 12.8 Å². The van der Waals surface area contributed by atoms with Crippen LogP contribution in [0.3, 0.4) is 0 Å². The fourth-order valence-corrected chi connectivity index (χ4v) is 3.27. The summed E-state index contributed by atoms with van der Waals surface area (Å²) in [5.74, 6) is 0.640. The third-order valence-electron chi connectivity index (χ3n) is 3.64. The van der Waals surface area contributed by atoms with Crippen molar-refractivity contribution in [1.82, 2.24) is 16.0 Å². The maximum absolute atomic E-state index is 11.7. The summed E-state index contributed by atoms with van der Waals surface area (Å²) in [6, 6.07) is 5.24. The van der Waals surface area contributed by atoms with Gasteiger partial charge in [-0.3, -0.25) is 4.79 Å². The molecule has 146 valence electrons. The molecule has 0 spiro atoms. The van der Waals surface area contributed by atoms with Crippen molar-refractivity contribution in [1.29, 1.82) is 0 Å². The van der Waals surface area contributed by atoms with Crippen LogP contribution >= 0.6 is 0 Å². The molecule has 0 fully saturated rings. The van der Waals surface area contributed by atoms with Crippen molar-refractivity contribution in [3.63, 3.8) is 0 Å². The molecule has 7 nitrogen and oxygen atoms in total. The summed E-state index contributed by atoms with van der Waals surface area (Å²) < 4.78 is 23.4. The SMILES string of the molecule is CCNC(=NCc1ccc(S(C)(=O)=O)c(C)c1)NCCNC(=O)C(C)C. The minimum Gasteiger partial charge on any atom is -0.357 e. The summed E-state index contributed by atoms with van der Waals surface area (Å²) in [6.45, 7) is 9.69. The van der Waals surface area contributed by atoms with Crippen LogP contribution in [-0.2, 0) is 21.2 Å². The van der Waals surface area contributed by atoms with E-state index in [1.165, 1.54) is 6.26 Å². The number of carbonyl (C=O) groups is 1. The first kappa shape index (κ1) is 22.0. The van der Waals surface area contributed by atoms with Gasteiger partial charge in [0, 0.05) is 31.8 Å². The highest BCUT2D eigenvalue weighted by Crippen LogP contribution is 2.17. The number of guanidine groups is 1. The van der Waals surface area contributed by atoms with Crippen LogP contribution < -0.4 is 16.0 Å². The van der Waals surface area contributed by atoms with Crippen LogP contribution in [0.2, 0.25) is 0 Å². The van der Waals surface area contributed by atoms with Crippen LogP contribution in [0.25, 0.3) is 0 Å². The molecule has 0 aromatic heterocycles. The molecule has 0 saturated heterocycles. The average Bonchev–Trinajstić information content (AvgIpc) is 2.54. The Balaban J connectivity index is 2.66. The topological polar surface area (TPSA) is 99.7 Å². The molecule has 1 aromatic carbocycles. The number of nitrogens with zero attached hydrogens (tertiary/aromatic N) is 1. The number of rotatable bonds is 8. The minimum absolute atomic E-state index is 0.0233. The van der Waals surface area contributed by atoms with E-state index in [4.69, 9.17) is 0 Å². The van der Waals surface area contributed by atoms with E-state index in [0.717, 1.165) is 17.7 Å². The van der Waals surface area contributed by atoms with E-state index in [-0.39, 0.29) is 11.8 Å². The molecule has 0 bridgehead atoms. The Hall–Kier alpha value is -2.09. The zero-order valence-electron chi connectivity index (χ0n) is 16.2. The zero-order valence-corrected chi connectivity index (χ0v) is 17.0. The summed E-state index contributed by atoms with van der Waals surface area (Å²) in [5, 5.41) is 9.15. The Morgan fingerprint density at radius 2 is 1.81 bits per heavy atom. The van der Waals surface area contributed by atoms with E-state index in [2.05, 4.69) is 20.9 Å². The largest absolute Gasteiger partial charge is 0.357 e. The van der Waals surface area contributed by atoms with Crippen molar-refractivity contribution in [2.24, 2.45) is 10.9 Å². The molecule has 0 aliphatic rings. The molecule has 0 atom stereocenters. The summed E-state index contributed by atoms with van der Waals surface area (Å²) in [4.78, 5) is 16.4. The second-order valence-electron chi connectivity index (χ2n) is 6.44. The summed E-state index contributed by atoms with van der Waals surface area (Å²) in [7, 11) is -3.21. The molecule has 0 heterocycles. The monoisotopic (exact) mass is 382 g/mol. The fraction of sp³-hybridized carbons (Fsp3) is 0.556. The van der Waals surface area contributed by atoms with Gasteiger partial charge < -0.3 is 16.0 Å². The number of nitrogens with one attached hydrogen (secondary N) is 3. The number of aryl methyl sites for hydroxylation is 1. The maximum Gasteiger partial charge on any atom is 0.222 e. The first-order valence-corrected chi connectivity index (χ1v) is 10.6. The predicted octanol–water partition coefficient (Wildman–Crippen LogP) is 1.23. The van der Waals surface area contributed by atoms with E-state index < -0.39 is 9.84 Å². The van der Waals surface area contributed by atoms with Crippen LogP contribution in [0.5, 0.6) is 0 Å². The van der Waals surface area contributed by atoms with Gasteiger partial charge >= 0.3 is 0 Å². The van der Waals surface area contributed by atoms with Crippen LogP contribution in [0.4, 0.5) is 0 Å². The third kappa shape index (κ3) is 7.43. The highest BCUT2D eigenvalue weighted by Gasteiger charge is 2.10. The lowest BCUT2D eigenvalue weighted by atomic mass is 10.1. The standard InChI is InChI=1S/C18H30N4O3S/c1-6-19-18(21-10-9-20-17(23)13(2)3)22-12-15-7-8-16(14(4)11-15)26(5,24)25/h7-8,11,13H,6,9-10,12H2,1-5H3,(H,20,23)(H2,19,21,22). The molecular formula is C18H30N4O3S. The van der Waals surface area contributed by atoms with Gasteiger partial charge in [0.1, 0.15) is 0 Å². The van der Waals surface area contributed by atoms with Crippen LogP contribution in [0.1, 0.15) is 31.9 Å². The van der Waals surface area contributed by atoms with Crippen molar-refractivity contribution >= 4 is 21.7 Å². The van der Waals surface area contributed by atoms with Gasteiger partial charge in [0.15, 0.2) is 15.8 Å². The third-order valence-corrected chi connectivity index (χ3v) is 4.90. The molecule has 0 aliphatic carbocycles. The number of amides is 1. The van der Waals surface area contributed by atoms with E-state index in [1.807, 2.05) is 26.8 Å². The fourth-order valence-electron chi connectivity index (χ4n) is 2.31. The number of hydrogen-bond acceptors (Lipinski definition) is 4. The number of sulfone groups is 1. The first-order valence-electron chi connectivity index (χ1n) is 8.74. The molecule has 8 heteroatoms. The van der Waals surface area contributed by atoms with Crippen LogP contribution in [-0.4, -0.2) is 46.2 Å². The molecule has 1 rings (SSSR count). The molecule has 1 amide bonds. The number of hydrogen-bond donors (Lipinski definition) is 3. The Bertz CT molecular complexity index is 743. The Kier molecular flexibility index (Phi) is 8.57. The van der Waals surface area contributed by atoms with Crippen molar-refractivity contribution in [2.75, 3.05) is 25.9 Å². The lowest BCUT2D eigenvalue weighted by Gasteiger charge is -2.13. The zero-order chi connectivity index (χ0) is 19.7. The molecular weight excluding hydrogens is 352 g/mol. The molecule has 3 N–H and O–H groups in total. The van der Waals surface area contributed by atoms with Gasteiger partial charge in [-0.25, -0.2) is 13.4 Å². The van der Waals surface area contributed by atoms with E-state index in [9.17, 15) is 13.2 Å². The quantitative estimate of drug-likeness (QED) is 0.357. The Labute approximate surface area is 156 Å². The lowest BCUT2D eigenvalue weighted by molar-refractivity contribution is -0.123. The van der Waals surface area contributed by atoms with E-state index >= 15 is 0 Å². The van der Waals surface area contributed by atoms with E-state index in [0.29, 0.717) is 30.5 Å². The lowest BCUT2D eigenvalue weighted by Crippen LogP contribution is -2.42. The van der Waals surface area contributed by atoms with Gasteiger partial charge in [-0.15, -0.1) is 0 Å². The normalized spacial score (nSPS) is 12.2. The van der Waals surface area contributed by atoms with Gasteiger partial charge in [-0.1, -0.05) is 26.0 Å². The molecule has 26 heavy (non-hydrogen) atoms. The molecule has 1 aromatic rings. The smallest absolute Gasteiger partial charge is 0.222 e. The van der Waals surface area contributed by atoms with Crippen molar-refractivity contribution in [2.45, 2.75) is 39.1 Å². The summed E-state index contributed by atoms with van der Waals surface area (Å²) >= 11 is 0. The Morgan fingerprint density at radius 3 is 2.35 bits per heavy atom. The van der Waals surface area contributed by atoms with Gasteiger partial charge in [-0.05, 0) is 31.0 Å². The highest BCUT2D eigenvalue weighted by atomic mass is 32.2. The number of carbonyl (C=O) groups excluding carboxylic acids is 1. The number of benzene rings is 1. The summed E-state index contributed by atoms with van der Waals surface area (Å²) in [5.41, 5.74) is 1.65. The molecule has 0 saturated carbocycles. The van der Waals surface area contributed by atoms with Crippen molar-refractivity contribution in [3.05, 3.63) is 29.3 Å². The Morgan fingerprint density at radius 1 is 1.15 bits per heavy atom. The van der Waals surface area contributed by atoms with Crippen LogP contribution in [0.15, 0.2) is 28.1 Å². The second kappa shape index (κ2) is 10.2. The highest BCUT2D eigenvalue weighted by molar-refractivity contribution is 7.90. The molecule has 0 aliphatic heterocycles. The summed E-state index contributed by atoms with van der Waals surface area (Å²) in [6.07, 6.45) is 1.21. The maximum atomic E-state index is 11.7. The van der Waals surface area contributed by atoms with Crippen molar-refractivity contribution in [3.8, 4) is 0 Å². The molecule has 0 unspecified atom stereocenters. The molecule has 0 radical (unpaired) electrons. The van der Waals surface area contributed by atoms with Gasteiger partial charge in [0.25, 0.3) is 0 Å². The minimum atomic E-state index is -3.21. The first-order chi connectivity index (χ1) is 12.1. The van der Waals surface area contributed by atoms with E-state index in [1.54, 1.807) is 19.1 Å². The average molecular weight is 383 g/mol. The van der Waals surface area contributed by atoms with Gasteiger partial charge in [0.2, 0.25) is 5.91 Å².